The number of hydrogen-bond donors (Lipinski definition) is 0. The van der Waals surface area contributed by atoms with Gasteiger partial charge < -0.3 is 9.80 Å². The van der Waals surface area contributed by atoms with Gasteiger partial charge in [0.15, 0.2) is 0 Å². The highest BCUT2D eigenvalue weighted by atomic mass is 16.2. The number of nitrogens with zero attached hydrogens (tertiary/aromatic N) is 5. The number of aryl methyl sites for hydroxylation is 2. The molecule has 3 aromatic carbocycles. The van der Waals surface area contributed by atoms with E-state index in [9.17, 15) is 9.59 Å². The summed E-state index contributed by atoms with van der Waals surface area (Å²) in [6, 6.07) is 29.7. The summed E-state index contributed by atoms with van der Waals surface area (Å²) >= 11 is 0. The van der Waals surface area contributed by atoms with Crippen LogP contribution in [0.15, 0.2) is 109 Å². The average molecular weight is 610 g/mol. The van der Waals surface area contributed by atoms with E-state index in [1.54, 1.807) is 23.4 Å². The van der Waals surface area contributed by atoms with Gasteiger partial charge in [0, 0.05) is 62.8 Å². The van der Waals surface area contributed by atoms with Crippen molar-refractivity contribution < 1.29 is 9.59 Å². The van der Waals surface area contributed by atoms with E-state index >= 15 is 0 Å². The van der Waals surface area contributed by atoms with Crippen LogP contribution in [0.4, 0.5) is 0 Å². The van der Waals surface area contributed by atoms with Crippen molar-refractivity contribution in [2.24, 2.45) is 7.05 Å². The summed E-state index contributed by atoms with van der Waals surface area (Å²) in [5, 5.41) is 4.51. The van der Waals surface area contributed by atoms with E-state index in [0.717, 1.165) is 51.2 Å². The van der Waals surface area contributed by atoms with E-state index in [2.05, 4.69) is 34.3 Å². The zero-order valence-corrected chi connectivity index (χ0v) is 26.6. The maximum Gasteiger partial charge on any atom is 0.247 e. The topological polar surface area (TPSA) is 71.3 Å². The van der Waals surface area contributed by atoms with Crippen molar-refractivity contribution >= 4 is 17.9 Å². The lowest BCUT2D eigenvalue weighted by Gasteiger charge is -2.37. The van der Waals surface area contributed by atoms with Gasteiger partial charge in [-0.05, 0) is 71.9 Å². The zero-order valence-electron chi connectivity index (χ0n) is 26.6. The van der Waals surface area contributed by atoms with Gasteiger partial charge in [0.2, 0.25) is 11.8 Å². The first-order valence-electron chi connectivity index (χ1n) is 15.7. The molecule has 1 aliphatic rings. The molecule has 1 aliphatic heterocycles. The minimum Gasteiger partial charge on any atom is -0.336 e. The molecule has 0 saturated carbocycles. The van der Waals surface area contributed by atoms with Crippen LogP contribution in [0.1, 0.15) is 39.2 Å². The van der Waals surface area contributed by atoms with Crippen LogP contribution in [0, 0.1) is 13.8 Å². The molecule has 232 valence electrons. The van der Waals surface area contributed by atoms with E-state index in [4.69, 9.17) is 0 Å². The van der Waals surface area contributed by atoms with Crippen LogP contribution in [-0.2, 0) is 42.6 Å². The molecule has 0 fully saturated rings. The summed E-state index contributed by atoms with van der Waals surface area (Å²) in [6.07, 6.45) is 8.20. The van der Waals surface area contributed by atoms with Crippen molar-refractivity contribution in [3.8, 4) is 11.1 Å². The highest BCUT2D eigenvalue weighted by Gasteiger charge is 2.34. The molecule has 2 amide bonds. The number of rotatable bonds is 9. The van der Waals surface area contributed by atoms with Gasteiger partial charge in [-0.1, -0.05) is 78.9 Å². The fourth-order valence-electron chi connectivity index (χ4n) is 6.23. The predicted octanol–water partition coefficient (Wildman–Crippen LogP) is 6.34. The van der Waals surface area contributed by atoms with Gasteiger partial charge >= 0.3 is 0 Å². The molecule has 5 aromatic rings. The molecule has 0 radical (unpaired) electrons. The SMILES string of the molecule is Cc1nn(C)c(C)c1/C=C/C(=O)N(Cc1ccc(-c2ccncc2)cc1)[C@@H](Cc1ccccc1)C(=O)N1CCc2ccccc2C1. The summed E-state index contributed by atoms with van der Waals surface area (Å²) in [6.45, 7) is 5.37. The molecule has 1 atom stereocenters. The minimum absolute atomic E-state index is 0.0396. The monoisotopic (exact) mass is 609 g/mol. The number of amides is 2. The van der Waals surface area contributed by atoms with Crippen molar-refractivity contribution in [3.05, 3.63) is 149 Å². The van der Waals surface area contributed by atoms with Crippen molar-refractivity contribution in [2.75, 3.05) is 6.54 Å². The average Bonchev–Trinajstić information content (AvgIpc) is 3.34. The number of hydrogen-bond acceptors (Lipinski definition) is 4. The maximum absolute atomic E-state index is 14.6. The Morgan fingerprint density at radius 3 is 2.22 bits per heavy atom. The summed E-state index contributed by atoms with van der Waals surface area (Å²) in [5.41, 5.74) is 9.27. The van der Waals surface area contributed by atoms with Gasteiger partial charge in [0.1, 0.15) is 6.04 Å². The van der Waals surface area contributed by atoms with Gasteiger partial charge in [-0.3, -0.25) is 19.3 Å². The number of carbonyl (C=O) groups is 2. The Morgan fingerprint density at radius 2 is 1.52 bits per heavy atom. The van der Waals surface area contributed by atoms with Gasteiger partial charge in [0.25, 0.3) is 0 Å². The largest absolute Gasteiger partial charge is 0.336 e. The van der Waals surface area contributed by atoms with Gasteiger partial charge in [-0.25, -0.2) is 0 Å². The van der Waals surface area contributed by atoms with Crippen LogP contribution in [0.3, 0.4) is 0 Å². The van der Waals surface area contributed by atoms with Crippen LogP contribution in [-0.4, -0.2) is 49.0 Å². The van der Waals surface area contributed by atoms with Gasteiger partial charge in [-0.2, -0.15) is 5.10 Å². The lowest BCUT2D eigenvalue weighted by molar-refractivity contribution is -0.144. The van der Waals surface area contributed by atoms with E-state index < -0.39 is 6.04 Å². The molecule has 0 N–H and O–H groups in total. The Balaban J connectivity index is 1.36. The second-order valence-corrected chi connectivity index (χ2v) is 11.9. The molecule has 46 heavy (non-hydrogen) atoms. The quantitative estimate of drug-likeness (QED) is 0.183. The van der Waals surface area contributed by atoms with Gasteiger partial charge in [-0.15, -0.1) is 0 Å². The first-order valence-corrected chi connectivity index (χ1v) is 15.7. The van der Waals surface area contributed by atoms with Crippen LogP contribution >= 0.6 is 0 Å². The second-order valence-electron chi connectivity index (χ2n) is 11.9. The molecule has 6 rings (SSSR count). The normalized spacial score (nSPS) is 13.4. The molecule has 2 aromatic heterocycles. The van der Waals surface area contributed by atoms with Crippen LogP contribution in [0.2, 0.25) is 0 Å². The Bertz CT molecular complexity index is 1850. The maximum atomic E-state index is 14.6. The lowest BCUT2D eigenvalue weighted by atomic mass is 9.97. The molecular weight excluding hydrogens is 570 g/mol. The van der Waals surface area contributed by atoms with Crippen molar-refractivity contribution in [1.82, 2.24) is 24.6 Å². The summed E-state index contributed by atoms with van der Waals surface area (Å²) in [7, 11) is 1.90. The molecule has 7 nitrogen and oxygen atoms in total. The van der Waals surface area contributed by atoms with Gasteiger partial charge in [0.05, 0.1) is 5.69 Å². The second kappa shape index (κ2) is 13.8. The summed E-state index contributed by atoms with van der Waals surface area (Å²) in [4.78, 5) is 36.6. The third-order valence-corrected chi connectivity index (χ3v) is 8.94. The van der Waals surface area contributed by atoms with E-state index in [-0.39, 0.29) is 11.8 Å². The Hall–Kier alpha value is -5.30. The number of aromatic nitrogens is 3. The molecule has 0 saturated heterocycles. The first kappa shape index (κ1) is 30.7. The third-order valence-electron chi connectivity index (χ3n) is 8.94. The number of pyridine rings is 1. The number of carbonyl (C=O) groups excluding carboxylic acids is 2. The predicted molar refractivity (Wildman–Crippen MR) is 181 cm³/mol. The molecule has 3 heterocycles. The highest BCUT2D eigenvalue weighted by molar-refractivity contribution is 5.96. The Morgan fingerprint density at radius 1 is 0.848 bits per heavy atom. The standard InChI is InChI=1S/C39H39N5O2/c1-28-36(29(2)42(3)41-28)17-18-38(45)44(26-31-13-15-33(16-14-31)34-19-22-40-23-20-34)37(25-30-9-5-4-6-10-30)39(46)43-24-21-32-11-7-8-12-35(32)27-43/h4-20,22-23,37H,21,24-27H2,1-3H3/b18-17+/t37-/m0/s1. The van der Waals surface area contributed by atoms with Crippen molar-refractivity contribution in [1.29, 1.82) is 0 Å². The molecule has 0 spiro atoms. The van der Waals surface area contributed by atoms with Crippen LogP contribution < -0.4 is 0 Å². The lowest BCUT2D eigenvalue weighted by Crippen LogP contribution is -2.52. The number of benzene rings is 3. The molecule has 7 heteroatoms. The van der Waals surface area contributed by atoms with E-state index in [1.807, 2.05) is 103 Å². The van der Waals surface area contributed by atoms with Crippen molar-refractivity contribution in [2.45, 2.75) is 45.8 Å². The number of fused-ring (bicyclic) bond motifs is 1. The molecule has 0 unspecified atom stereocenters. The minimum atomic E-state index is -0.694. The fraction of sp³-hybridized carbons (Fsp3) is 0.231. The van der Waals surface area contributed by atoms with Crippen molar-refractivity contribution in [3.63, 3.8) is 0 Å². The fourth-order valence-corrected chi connectivity index (χ4v) is 6.23. The Labute approximate surface area is 270 Å². The highest BCUT2D eigenvalue weighted by Crippen LogP contribution is 2.25. The summed E-state index contributed by atoms with van der Waals surface area (Å²) < 4.78 is 1.82. The molecule has 0 bridgehead atoms. The first-order chi connectivity index (χ1) is 22.4. The zero-order chi connectivity index (χ0) is 32.0. The summed E-state index contributed by atoms with van der Waals surface area (Å²) in [5.74, 6) is -0.255. The van der Waals surface area contributed by atoms with E-state index in [0.29, 0.717) is 26.1 Å². The smallest absolute Gasteiger partial charge is 0.247 e. The molecule has 0 aliphatic carbocycles. The third kappa shape index (κ3) is 6.84. The molecular formula is C39H39N5O2. The Kier molecular flexibility index (Phi) is 9.20. The van der Waals surface area contributed by atoms with E-state index in [1.165, 1.54) is 5.56 Å². The van der Waals surface area contributed by atoms with Crippen LogP contribution in [0.5, 0.6) is 0 Å². The van der Waals surface area contributed by atoms with Crippen LogP contribution in [0.25, 0.3) is 17.2 Å².